The molecule has 2 N–H and O–H groups in total. The van der Waals surface area contributed by atoms with Crippen LogP contribution < -0.4 is 10.6 Å². The first-order chi connectivity index (χ1) is 15.2. The second-order valence-electron chi connectivity index (χ2n) is 6.41. The molecule has 1 heterocycles. The van der Waals surface area contributed by atoms with Crippen molar-refractivity contribution in [3.05, 3.63) is 74.0 Å². The van der Waals surface area contributed by atoms with E-state index in [0.29, 0.717) is 26.7 Å². The molecule has 0 fully saturated rings. The SMILES string of the molecule is Cn1c(CNC(=O)c2cccc([N+](=O)[O-])c2)nnc1SCC(=O)Nc1ccc(Cl)cc1Cl. The Kier molecular flexibility index (Phi) is 7.67. The van der Waals surface area contributed by atoms with E-state index in [1.165, 1.54) is 30.3 Å². The van der Waals surface area contributed by atoms with Crippen molar-refractivity contribution >= 4 is 58.2 Å². The van der Waals surface area contributed by atoms with Gasteiger partial charge in [0.1, 0.15) is 0 Å². The number of anilines is 1. The minimum absolute atomic E-state index is 0.0537. The lowest BCUT2D eigenvalue weighted by atomic mass is 10.2. The maximum absolute atomic E-state index is 12.3. The fourth-order valence-corrected chi connectivity index (χ4v) is 3.74. The van der Waals surface area contributed by atoms with E-state index in [0.717, 1.165) is 11.8 Å². The summed E-state index contributed by atoms with van der Waals surface area (Å²) in [6.45, 7) is 0.0537. The average Bonchev–Trinajstić information content (AvgIpc) is 3.12. The molecule has 0 atom stereocenters. The van der Waals surface area contributed by atoms with Gasteiger partial charge in [0, 0.05) is 29.8 Å². The Morgan fingerprint density at radius 2 is 1.97 bits per heavy atom. The van der Waals surface area contributed by atoms with Gasteiger partial charge in [-0.25, -0.2) is 0 Å². The number of nitro groups is 1. The zero-order chi connectivity index (χ0) is 23.3. The third-order valence-corrected chi connectivity index (χ3v) is 5.76. The molecule has 10 nitrogen and oxygen atoms in total. The summed E-state index contributed by atoms with van der Waals surface area (Å²) < 4.78 is 1.64. The van der Waals surface area contributed by atoms with E-state index in [1.54, 1.807) is 23.7 Å². The Labute approximate surface area is 196 Å². The van der Waals surface area contributed by atoms with E-state index < -0.39 is 10.8 Å². The largest absolute Gasteiger partial charge is 0.345 e. The van der Waals surface area contributed by atoms with E-state index >= 15 is 0 Å². The average molecular weight is 495 g/mol. The quantitative estimate of drug-likeness (QED) is 0.277. The monoisotopic (exact) mass is 494 g/mol. The molecule has 166 valence electrons. The number of aromatic nitrogens is 3. The summed E-state index contributed by atoms with van der Waals surface area (Å²) >= 11 is 13.0. The summed E-state index contributed by atoms with van der Waals surface area (Å²) in [6.07, 6.45) is 0. The van der Waals surface area contributed by atoms with Crippen molar-refractivity contribution in [2.75, 3.05) is 11.1 Å². The van der Waals surface area contributed by atoms with E-state index in [-0.39, 0.29) is 29.5 Å². The van der Waals surface area contributed by atoms with Crippen LogP contribution in [0, 0.1) is 10.1 Å². The molecule has 0 radical (unpaired) electrons. The van der Waals surface area contributed by atoms with E-state index in [2.05, 4.69) is 20.8 Å². The summed E-state index contributed by atoms with van der Waals surface area (Å²) in [4.78, 5) is 34.8. The van der Waals surface area contributed by atoms with Gasteiger partial charge in [-0.15, -0.1) is 10.2 Å². The standard InChI is InChI=1S/C19H16Cl2N6O4S/c1-26-16(9-22-18(29)11-3-2-4-13(7-11)27(30)31)24-25-19(26)32-10-17(28)23-15-6-5-12(20)8-14(15)21/h2-8H,9-10H2,1H3,(H,22,29)(H,23,28). The molecule has 1 aromatic heterocycles. The van der Waals surface area contributed by atoms with Gasteiger partial charge in [0.2, 0.25) is 5.91 Å². The third-order valence-electron chi connectivity index (χ3n) is 4.19. The number of nitrogens with zero attached hydrogens (tertiary/aromatic N) is 4. The van der Waals surface area contributed by atoms with Crippen molar-refractivity contribution in [2.24, 2.45) is 7.05 Å². The van der Waals surface area contributed by atoms with Gasteiger partial charge in [-0.2, -0.15) is 0 Å². The minimum Gasteiger partial charge on any atom is -0.345 e. The lowest BCUT2D eigenvalue weighted by Gasteiger charge is -2.08. The minimum atomic E-state index is -0.569. The van der Waals surface area contributed by atoms with Crippen LogP contribution in [0.1, 0.15) is 16.2 Å². The number of benzene rings is 2. The summed E-state index contributed by atoms with van der Waals surface area (Å²) in [5.41, 5.74) is 0.436. The highest BCUT2D eigenvalue weighted by Crippen LogP contribution is 2.26. The van der Waals surface area contributed by atoms with Gasteiger partial charge in [0.25, 0.3) is 11.6 Å². The van der Waals surface area contributed by atoms with Gasteiger partial charge in [-0.05, 0) is 24.3 Å². The predicted octanol–water partition coefficient (Wildman–Crippen LogP) is 3.69. The van der Waals surface area contributed by atoms with Crippen molar-refractivity contribution in [1.29, 1.82) is 0 Å². The van der Waals surface area contributed by atoms with Crippen LogP contribution in [0.5, 0.6) is 0 Å². The summed E-state index contributed by atoms with van der Waals surface area (Å²) in [5.74, 6) is -0.259. The number of hydrogen-bond donors (Lipinski definition) is 2. The molecule has 0 bridgehead atoms. The maximum Gasteiger partial charge on any atom is 0.270 e. The normalized spacial score (nSPS) is 10.6. The lowest BCUT2D eigenvalue weighted by molar-refractivity contribution is -0.384. The van der Waals surface area contributed by atoms with Crippen LogP contribution in [-0.2, 0) is 18.4 Å². The highest BCUT2D eigenvalue weighted by Gasteiger charge is 2.15. The van der Waals surface area contributed by atoms with Gasteiger partial charge in [0.05, 0.1) is 27.9 Å². The van der Waals surface area contributed by atoms with Crippen molar-refractivity contribution in [3.8, 4) is 0 Å². The molecule has 13 heteroatoms. The first-order valence-electron chi connectivity index (χ1n) is 9.03. The van der Waals surface area contributed by atoms with Gasteiger partial charge >= 0.3 is 0 Å². The molecule has 0 aliphatic rings. The van der Waals surface area contributed by atoms with Crippen LogP contribution in [0.15, 0.2) is 47.6 Å². The Morgan fingerprint density at radius 1 is 1.19 bits per heavy atom. The number of nitro benzene ring substituents is 1. The third kappa shape index (κ3) is 5.96. The molecule has 0 saturated carbocycles. The van der Waals surface area contributed by atoms with Crippen molar-refractivity contribution in [3.63, 3.8) is 0 Å². The molecule has 0 aliphatic carbocycles. The lowest BCUT2D eigenvalue weighted by Crippen LogP contribution is -2.24. The summed E-state index contributed by atoms with van der Waals surface area (Å²) in [6, 6.07) is 10.2. The van der Waals surface area contributed by atoms with Crippen LogP contribution >= 0.6 is 35.0 Å². The Morgan fingerprint density at radius 3 is 2.69 bits per heavy atom. The molecule has 0 saturated heterocycles. The Bertz CT molecular complexity index is 1190. The highest BCUT2D eigenvalue weighted by atomic mass is 35.5. The van der Waals surface area contributed by atoms with Gasteiger partial charge in [-0.3, -0.25) is 19.7 Å². The zero-order valence-electron chi connectivity index (χ0n) is 16.5. The number of halogens is 2. The molecule has 32 heavy (non-hydrogen) atoms. The van der Waals surface area contributed by atoms with Crippen LogP contribution in [0.2, 0.25) is 10.0 Å². The molecule has 0 aliphatic heterocycles. The number of thioether (sulfide) groups is 1. The molecule has 3 aromatic rings. The van der Waals surface area contributed by atoms with Gasteiger partial charge < -0.3 is 15.2 Å². The molecule has 2 amide bonds. The number of carbonyl (C=O) groups excluding carboxylic acids is 2. The van der Waals surface area contributed by atoms with Crippen LogP contribution in [-0.4, -0.2) is 37.3 Å². The molecular weight excluding hydrogens is 479 g/mol. The van der Waals surface area contributed by atoms with E-state index in [9.17, 15) is 19.7 Å². The Balaban J connectivity index is 1.54. The van der Waals surface area contributed by atoms with E-state index in [1.807, 2.05) is 0 Å². The van der Waals surface area contributed by atoms with Crippen LogP contribution in [0.4, 0.5) is 11.4 Å². The number of rotatable bonds is 8. The maximum atomic E-state index is 12.3. The summed E-state index contributed by atoms with van der Waals surface area (Å²) in [7, 11) is 1.70. The number of amides is 2. The second-order valence-corrected chi connectivity index (χ2v) is 8.20. The zero-order valence-corrected chi connectivity index (χ0v) is 18.9. The smallest absolute Gasteiger partial charge is 0.270 e. The highest BCUT2D eigenvalue weighted by molar-refractivity contribution is 7.99. The van der Waals surface area contributed by atoms with Crippen LogP contribution in [0.25, 0.3) is 0 Å². The van der Waals surface area contributed by atoms with Crippen molar-refractivity contribution < 1.29 is 14.5 Å². The molecule has 0 spiro atoms. The number of carbonyl (C=O) groups is 2. The first-order valence-corrected chi connectivity index (χ1v) is 10.8. The van der Waals surface area contributed by atoms with Gasteiger partial charge in [0.15, 0.2) is 11.0 Å². The topological polar surface area (TPSA) is 132 Å². The second kappa shape index (κ2) is 10.4. The Hall–Kier alpha value is -3.15. The summed E-state index contributed by atoms with van der Waals surface area (Å²) in [5, 5.41) is 25.5. The molecule has 2 aromatic carbocycles. The van der Waals surface area contributed by atoms with Crippen molar-refractivity contribution in [1.82, 2.24) is 20.1 Å². The fraction of sp³-hybridized carbons (Fsp3) is 0.158. The molecule has 3 rings (SSSR count). The molecule has 0 unspecified atom stereocenters. The molecular formula is C19H16Cl2N6O4S. The number of non-ortho nitro benzene ring substituents is 1. The number of hydrogen-bond acceptors (Lipinski definition) is 7. The first kappa shape index (κ1) is 23.5. The van der Waals surface area contributed by atoms with Crippen molar-refractivity contribution in [2.45, 2.75) is 11.7 Å². The fourth-order valence-electron chi connectivity index (χ4n) is 2.55. The van der Waals surface area contributed by atoms with Gasteiger partial charge in [-0.1, -0.05) is 41.0 Å². The number of nitrogens with one attached hydrogen (secondary N) is 2. The van der Waals surface area contributed by atoms with E-state index in [4.69, 9.17) is 23.2 Å². The predicted molar refractivity (Wildman–Crippen MR) is 121 cm³/mol. The van der Waals surface area contributed by atoms with Crippen LogP contribution in [0.3, 0.4) is 0 Å².